The van der Waals surface area contributed by atoms with E-state index >= 15 is 0 Å². The first-order valence-electron chi connectivity index (χ1n) is 5.70. The van der Waals surface area contributed by atoms with Crippen LogP contribution >= 0.6 is 0 Å². The first-order valence-corrected chi connectivity index (χ1v) is 5.70. The molecule has 0 aliphatic rings. The van der Waals surface area contributed by atoms with Gasteiger partial charge in [-0.05, 0) is 54.8 Å². The Balaban J connectivity index is 3.55. The predicted octanol–water partition coefficient (Wildman–Crippen LogP) is 3.19. The second kappa shape index (κ2) is 5.50. The Morgan fingerprint density at radius 1 is 1.12 bits per heavy atom. The highest BCUT2D eigenvalue weighted by molar-refractivity contribution is 5.74. The Labute approximate surface area is 98.3 Å². The zero-order chi connectivity index (χ0) is 12.1. The Kier molecular flexibility index (Phi) is 4.30. The van der Waals surface area contributed by atoms with Crippen molar-refractivity contribution in [1.29, 1.82) is 0 Å². The van der Waals surface area contributed by atoms with E-state index in [-0.39, 0.29) is 0 Å². The van der Waals surface area contributed by atoms with Gasteiger partial charge in [0.2, 0.25) is 0 Å². The molecule has 0 bridgehead atoms. The Hall–Kier alpha value is -1.56. The minimum Gasteiger partial charge on any atom is -0.0912 e. The molecule has 1 rings (SSSR count). The lowest BCUT2D eigenvalue weighted by molar-refractivity contribution is 1.33. The van der Waals surface area contributed by atoms with E-state index in [0.717, 1.165) is 5.57 Å². The maximum atomic E-state index is 4.10. The van der Waals surface area contributed by atoms with Gasteiger partial charge < -0.3 is 0 Å². The second-order valence-electron chi connectivity index (χ2n) is 3.84. The van der Waals surface area contributed by atoms with Crippen molar-refractivity contribution < 1.29 is 0 Å². The minimum atomic E-state index is 1.07. The van der Waals surface area contributed by atoms with Crippen LogP contribution in [-0.4, -0.2) is 0 Å². The standard InChI is InChI=1S/C16H20/c1-6-9-12(4)16-11-10-14(7-2)15(8-3)13(16)5/h6-11H,4H2,1-3,5H3/b9-6-,14-7-,15-8-. The van der Waals surface area contributed by atoms with Crippen molar-refractivity contribution in [3.8, 4) is 0 Å². The van der Waals surface area contributed by atoms with Crippen molar-refractivity contribution in [1.82, 2.24) is 0 Å². The van der Waals surface area contributed by atoms with Crippen LogP contribution in [0.2, 0.25) is 0 Å². The topological polar surface area (TPSA) is 0 Å². The number of allylic oxidation sites excluding steroid dienone is 3. The summed E-state index contributed by atoms with van der Waals surface area (Å²) in [7, 11) is 0. The average molecular weight is 212 g/mol. The molecule has 0 saturated heterocycles. The smallest absolute Gasteiger partial charge is 0.0155 e. The van der Waals surface area contributed by atoms with E-state index in [2.05, 4.69) is 57.7 Å². The molecule has 0 unspecified atom stereocenters. The van der Waals surface area contributed by atoms with Crippen LogP contribution in [0.1, 0.15) is 31.9 Å². The van der Waals surface area contributed by atoms with Crippen molar-refractivity contribution in [3.63, 3.8) is 0 Å². The van der Waals surface area contributed by atoms with Gasteiger partial charge in [-0.25, -0.2) is 0 Å². The average Bonchev–Trinajstić information content (AvgIpc) is 2.28. The van der Waals surface area contributed by atoms with Crippen molar-refractivity contribution in [3.05, 3.63) is 52.4 Å². The van der Waals surface area contributed by atoms with E-state index in [1.807, 2.05) is 13.0 Å². The lowest BCUT2D eigenvalue weighted by Crippen LogP contribution is -2.27. The van der Waals surface area contributed by atoms with Crippen molar-refractivity contribution >= 4 is 17.7 Å². The molecule has 1 aromatic rings. The van der Waals surface area contributed by atoms with Gasteiger partial charge in [0, 0.05) is 0 Å². The number of rotatable bonds is 2. The van der Waals surface area contributed by atoms with Crippen LogP contribution in [0.5, 0.6) is 0 Å². The van der Waals surface area contributed by atoms with Crippen LogP contribution in [0, 0.1) is 6.92 Å². The summed E-state index contributed by atoms with van der Waals surface area (Å²) in [5.74, 6) is 0. The molecule has 0 nitrogen and oxygen atoms in total. The van der Waals surface area contributed by atoms with Crippen LogP contribution in [0.25, 0.3) is 17.7 Å². The van der Waals surface area contributed by atoms with Gasteiger partial charge in [0.1, 0.15) is 0 Å². The van der Waals surface area contributed by atoms with E-state index in [4.69, 9.17) is 0 Å². The van der Waals surface area contributed by atoms with Gasteiger partial charge in [-0.3, -0.25) is 0 Å². The van der Waals surface area contributed by atoms with Gasteiger partial charge in [0.05, 0.1) is 0 Å². The maximum absolute atomic E-state index is 4.10. The Morgan fingerprint density at radius 2 is 1.81 bits per heavy atom. The third kappa shape index (κ3) is 2.33. The highest BCUT2D eigenvalue weighted by Gasteiger charge is 2.01. The van der Waals surface area contributed by atoms with E-state index in [1.165, 1.54) is 21.6 Å². The summed E-state index contributed by atoms with van der Waals surface area (Å²) in [5, 5.41) is 2.60. The molecule has 0 aliphatic heterocycles. The molecule has 1 aromatic carbocycles. The fraction of sp³-hybridized carbons (Fsp3) is 0.250. The van der Waals surface area contributed by atoms with Crippen molar-refractivity contribution in [2.75, 3.05) is 0 Å². The van der Waals surface area contributed by atoms with Gasteiger partial charge in [0.15, 0.2) is 0 Å². The number of benzene rings is 1. The van der Waals surface area contributed by atoms with Crippen LogP contribution in [-0.2, 0) is 0 Å². The van der Waals surface area contributed by atoms with Gasteiger partial charge >= 0.3 is 0 Å². The highest BCUT2D eigenvalue weighted by atomic mass is 14.1. The number of hydrogen-bond acceptors (Lipinski definition) is 0. The molecule has 0 heteroatoms. The lowest BCUT2D eigenvalue weighted by Gasteiger charge is -2.07. The first-order chi connectivity index (χ1) is 7.65. The molecular formula is C16H20. The summed E-state index contributed by atoms with van der Waals surface area (Å²) in [6.45, 7) is 12.4. The molecule has 0 saturated carbocycles. The quantitative estimate of drug-likeness (QED) is 0.660. The summed E-state index contributed by atoms with van der Waals surface area (Å²) in [6, 6.07) is 4.31. The van der Waals surface area contributed by atoms with E-state index < -0.39 is 0 Å². The largest absolute Gasteiger partial charge is 0.0912 e. The first kappa shape index (κ1) is 12.5. The molecule has 0 spiro atoms. The second-order valence-corrected chi connectivity index (χ2v) is 3.84. The summed E-state index contributed by atoms with van der Waals surface area (Å²) in [6.07, 6.45) is 8.38. The van der Waals surface area contributed by atoms with Crippen molar-refractivity contribution in [2.45, 2.75) is 27.7 Å². The summed E-state index contributed by atoms with van der Waals surface area (Å²) >= 11 is 0. The van der Waals surface area contributed by atoms with E-state index in [1.54, 1.807) is 0 Å². The minimum absolute atomic E-state index is 1.07. The molecule has 0 aromatic heterocycles. The third-order valence-corrected chi connectivity index (χ3v) is 2.86. The lowest BCUT2D eigenvalue weighted by atomic mass is 9.98. The monoisotopic (exact) mass is 212 g/mol. The van der Waals surface area contributed by atoms with E-state index in [0.29, 0.717) is 0 Å². The van der Waals surface area contributed by atoms with Gasteiger partial charge in [-0.1, -0.05) is 43.0 Å². The summed E-state index contributed by atoms with van der Waals surface area (Å²) < 4.78 is 0. The molecule has 0 atom stereocenters. The normalized spacial score (nSPS) is 13.8. The van der Waals surface area contributed by atoms with E-state index in [9.17, 15) is 0 Å². The molecular weight excluding hydrogens is 192 g/mol. The predicted molar refractivity (Wildman–Crippen MR) is 74.6 cm³/mol. The molecule has 16 heavy (non-hydrogen) atoms. The highest BCUT2D eigenvalue weighted by Crippen LogP contribution is 2.14. The molecule has 84 valence electrons. The van der Waals surface area contributed by atoms with Gasteiger partial charge in [-0.2, -0.15) is 0 Å². The Morgan fingerprint density at radius 3 is 2.31 bits per heavy atom. The zero-order valence-electron chi connectivity index (χ0n) is 10.7. The SMILES string of the molecule is C=C(/C=C\C)c1ccc(=C/C)/c(=C\C)c1C. The molecule has 0 amide bonds. The zero-order valence-corrected chi connectivity index (χ0v) is 10.7. The van der Waals surface area contributed by atoms with Crippen LogP contribution in [0.15, 0.2) is 30.9 Å². The molecule has 0 N–H and O–H groups in total. The molecule has 0 fully saturated rings. The van der Waals surface area contributed by atoms with Gasteiger partial charge in [-0.15, -0.1) is 0 Å². The van der Waals surface area contributed by atoms with Crippen LogP contribution in [0.3, 0.4) is 0 Å². The summed E-state index contributed by atoms with van der Waals surface area (Å²) in [4.78, 5) is 0. The fourth-order valence-electron chi connectivity index (χ4n) is 2.02. The Bertz CT molecular complexity index is 528. The summed E-state index contributed by atoms with van der Waals surface area (Å²) in [5.41, 5.74) is 3.61. The molecule has 0 heterocycles. The third-order valence-electron chi connectivity index (χ3n) is 2.86. The molecule has 0 aliphatic carbocycles. The molecule has 0 radical (unpaired) electrons. The number of hydrogen-bond donors (Lipinski definition) is 0. The van der Waals surface area contributed by atoms with Crippen LogP contribution < -0.4 is 10.4 Å². The maximum Gasteiger partial charge on any atom is -0.0155 e. The van der Waals surface area contributed by atoms with Crippen LogP contribution in [0.4, 0.5) is 0 Å². The van der Waals surface area contributed by atoms with Gasteiger partial charge in [0.25, 0.3) is 0 Å². The van der Waals surface area contributed by atoms with Crippen molar-refractivity contribution in [2.24, 2.45) is 0 Å². The fourth-order valence-corrected chi connectivity index (χ4v) is 2.02.